The van der Waals surface area contributed by atoms with E-state index < -0.39 is 23.2 Å². The van der Waals surface area contributed by atoms with Gasteiger partial charge < -0.3 is 5.32 Å². The van der Waals surface area contributed by atoms with Crippen LogP contribution < -0.4 is 5.32 Å². The lowest BCUT2D eigenvalue weighted by atomic mass is 9.95. The van der Waals surface area contributed by atoms with Crippen LogP contribution in [0.4, 0.5) is 8.78 Å². The molecule has 8 heteroatoms. The summed E-state index contributed by atoms with van der Waals surface area (Å²) >= 11 is -0.542. The number of carbonyl (C=O) groups is 1. The van der Waals surface area contributed by atoms with E-state index in [2.05, 4.69) is 14.7 Å². The molecule has 0 aliphatic heterocycles. The molecule has 2 N–H and O–H groups in total. The number of hydrogen-bond acceptors (Lipinski definition) is 5. The van der Waals surface area contributed by atoms with Crippen LogP contribution in [0.2, 0.25) is 0 Å². The fourth-order valence-corrected chi connectivity index (χ4v) is 1.86. The predicted octanol–water partition coefficient (Wildman–Crippen LogP) is 2.10. The van der Waals surface area contributed by atoms with Gasteiger partial charge in [-0.3, -0.25) is 4.79 Å². The van der Waals surface area contributed by atoms with Gasteiger partial charge in [0.1, 0.15) is 12.0 Å². The van der Waals surface area contributed by atoms with Crippen LogP contribution in [-0.2, 0) is 14.2 Å². The van der Waals surface area contributed by atoms with Gasteiger partial charge in [-0.15, -0.1) is 4.33 Å². The normalized spacial score (nSPS) is 18.4. The molecule has 0 saturated heterocycles. The van der Waals surface area contributed by atoms with E-state index in [9.17, 15) is 13.6 Å². The molecule has 0 atom stereocenters. The zero-order valence-electron chi connectivity index (χ0n) is 8.45. The predicted molar refractivity (Wildman–Crippen MR) is 52.4 cm³/mol. The monoisotopic (exact) mass is 257 g/mol. The van der Waals surface area contributed by atoms with Crippen molar-refractivity contribution >= 4 is 17.9 Å². The molecule has 0 aromatic heterocycles. The van der Waals surface area contributed by atoms with Gasteiger partial charge in [0.2, 0.25) is 0 Å². The Morgan fingerprint density at radius 1 is 1.38 bits per heavy atom. The number of nitrogens with one attached hydrogen (secondary N) is 1. The second-order valence-corrected chi connectivity index (χ2v) is 4.37. The summed E-state index contributed by atoms with van der Waals surface area (Å²) in [6.45, 7) is 0. The van der Waals surface area contributed by atoms with Crippen molar-refractivity contribution in [3.8, 4) is 0 Å². The van der Waals surface area contributed by atoms with Crippen LogP contribution >= 0.6 is 12.0 Å². The minimum absolute atomic E-state index is 0.206. The molecular weight excluding hydrogens is 244 g/mol. The molecule has 0 heterocycles. The van der Waals surface area contributed by atoms with Crippen molar-refractivity contribution in [1.29, 1.82) is 0 Å². The summed E-state index contributed by atoms with van der Waals surface area (Å²) in [6.07, 6.45) is 4.35. The van der Waals surface area contributed by atoms with Crippen LogP contribution in [-0.4, -0.2) is 22.5 Å². The Hall–Kier alpha value is -0.440. The highest BCUT2D eigenvalue weighted by Crippen LogP contribution is 2.30. The van der Waals surface area contributed by atoms with Crippen LogP contribution in [0.25, 0.3) is 0 Å². The van der Waals surface area contributed by atoms with Gasteiger partial charge in [-0.25, -0.2) is 5.26 Å². The summed E-state index contributed by atoms with van der Waals surface area (Å²) in [5.74, 6) is -1.43. The summed E-state index contributed by atoms with van der Waals surface area (Å²) in [6, 6.07) is -0.206. The van der Waals surface area contributed by atoms with Gasteiger partial charge in [0.05, 0.1) is 0 Å². The summed E-state index contributed by atoms with van der Waals surface area (Å²) in [4.78, 5) is 11.1. The molecule has 0 bridgehead atoms. The molecule has 16 heavy (non-hydrogen) atoms. The lowest BCUT2D eigenvalue weighted by Gasteiger charge is -2.24. The summed E-state index contributed by atoms with van der Waals surface area (Å²) in [5, 5.41) is 9.21. The van der Waals surface area contributed by atoms with Crippen molar-refractivity contribution in [3.63, 3.8) is 0 Å². The molecule has 1 saturated carbocycles. The maximum absolute atomic E-state index is 13.0. The quantitative estimate of drug-likeness (QED) is 0.448. The van der Waals surface area contributed by atoms with Crippen molar-refractivity contribution in [3.05, 3.63) is 0 Å². The highest BCUT2D eigenvalue weighted by atomic mass is 32.2. The average Bonchev–Trinajstić information content (AvgIpc) is 2.28. The van der Waals surface area contributed by atoms with Gasteiger partial charge in [0, 0.05) is 6.04 Å². The number of rotatable bonds is 5. The van der Waals surface area contributed by atoms with Crippen molar-refractivity contribution in [1.82, 2.24) is 5.32 Å². The van der Waals surface area contributed by atoms with E-state index in [0.29, 0.717) is 12.8 Å². The third-order valence-corrected chi connectivity index (χ3v) is 2.90. The van der Waals surface area contributed by atoms with Gasteiger partial charge in [0.25, 0.3) is 0 Å². The first-order valence-corrected chi connectivity index (χ1v) is 5.65. The maximum Gasteiger partial charge on any atom is 0.397 e. The van der Waals surface area contributed by atoms with E-state index in [4.69, 9.17) is 5.26 Å². The smallest absolute Gasteiger partial charge is 0.347 e. The van der Waals surface area contributed by atoms with E-state index in [-0.39, 0.29) is 6.04 Å². The van der Waals surface area contributed by atoms with Gasteiger partial charge in [-0.05, 0) is 12.8 Å². The third-order valence-electron chi connectivity index (χ3n) is 2.37. The van der Waals surface area contributed by atoms with Crippen molar-refractivity contribution < 1.29 is 28.2 Å². The van der Waals surface area contributed by atoms with Gasteiger partial charge >= 0.3 is 11.2 Å². The second-order valence-electron chi connectivity index (χ2n) is 3.55. The van der Waals surface area contributed by atoms with E-state index >= 15 is 0 Å². The fraction of sp³-hybridized carbons (Fsp3) is 0.875. The molecule has 1 fully saturated rings. The molecule has 0 aromatic rings. The lowest BCUT2D eigenvalue weighted by molar-refractivity contribution is -0.433. The van der Waals surface area contributed by atoms with Gasteiger partial charge in [-0.2, -0.15) is 8.78 Å². The fourth-order valence-electron chi connectivity index (χ4n) is 1.61. The molecule has 5 nitrogen and oxygen atoms in total. The SMILES string of the molecule is O=C(NC1CCCCC1)C(F)(F)SOOO. The Bertz CT molecular complexity index is 236. The van der Waals surface area contributed by atoms with E-state index in [1.54, 1.807) is 0 Å². The first kappa shape index (κ1) is 13.6. The molecule has 1 aliphatic carbocycles. The maximum atomic E-state index is 13.0. The number of amides is 1. The van der Waals surface area contributed by atoms with E-state index in [0.717, 1.165) is 19.3 Å². The Kier molecular flexibility index (Phi) is 5.39. The first-order chi connectivity index (χ1) is 7.56. The Balaban J connectivity index is 2.36. The Labute approximate surface area is 95.5 Å². The highest BCUT2D eigenvalue weighted by Gasteiger charge is 2.42. The molecule has 0 aromatic carbocycles. The van der Waals surface area contributed by atoms with Crippen LogP contribution in [0.5, 0.6) is 0 Å². The zero-order valence-corrected chi connectivity index (χ0v) is 9.27. The molecule has 1 aliphatic rings. The Morgan fingerprint density at radius 3 is 2.56 bits per heavy atom. The number of carbonyl (C=O) groups excluding carboxylic acids is 1. The molecule has 0 radical (unpaired) electrons. The van der Waals surface area contributed by atoms with E-state index in [1.807, 2.05) is 0 Å². The standard InChI is InChI=1S/C8H13F2NO4S/c9-8(10,16-15-14-13)7(12)11-6-4-2-1-3-5-6/h6,13H,1-5H2,(H,11,12). The summed E-state index contributed by atoms with van der Waals surface area (Å²) in [7, 11) is 0. The number of halogens is 2. The molecule has 0 spiro atoms. The number of hydrogen-bond donors (Lipinski definition) is 2. The van der Waals surface area contributed by atoms with Gasteiger partial charge in [-0.1, -0.05) is 24.3 Å². The average molecular weight is 257 g/mol. The van der Waals surface area contributed by atoms with Crippen LogP contribution in [0.3, 0.4) is 0 Å². The largest absolute Gasteiger partial charge is 0.397 e. The topological polar surface area (TPSA) is 67.8 Å². The summed E-state index contributed by atoms with van der Waals surface area (Å²) < 4.78 is 29.6. The number of alkyl halides is 2. The lowest BCUT2D eigenvalue weighted by Crippen LogP contribution is -2.44. The molecule has 1 rings (SSSR count). The molecule has 0 unspecified atom stereocenters. The zero-order chi connectivity index (χ0) is 12.0. The molecule has 94 valence electrons. The summed E-state index contributed by atoms with van der Waals surface area (Å²) in [5.41, 5.74) is 0. The van der Waals surface area contributed by atoms with E-state index in [1.165, 1.54) is 0 Å². The molecular formula is C8H13F2NO4S. The van der Waals surface area contributed by atoms with Gasteiger partial charge in [0.15, 0.2) is 0 Å². The Morgan fingerprint density at radius 2 is 2.00 bits per heavy atom. The minimum atomic E-state index is -3.78. The second kappa shape index (κ2) is 6.33. The van der Waals surface area contributed by atoms with Crippen molar-refractivity contribution in [2.24, 2.45) is 0 Å². The van der Waals surface area contributed by atoms with Crippen LogP contribution in [0.1, 0.15) is 32.1 Å². The highest BCUT2D eigenvalue weighted by molar-refractivity contribution is 7.96. The van der Waals surface area contributed by atoms with Crippen LogP contribution in [0, 0.1) is 0 Å². The minimum Gasteiger partial charge on any atom is -0.347 e. The first-order valence-electron chi connectivity index (χ1n) is 4.91. The van der Waals surface area contributed by atoms with Crippen LogP contribution in [0.15, 0.2) is 0 Å². The van der Waals surface area contributed by atoms with Crippen molar-refractivity contribution in [2.75, 3.05) is 0 Å². The molecule has 1 amide bonds. The third kappa shape index (κ3) is 4.20. The van der Waals surface area contributed by atoms with Crippen molar-refractivity contribution in [2.45, 2.75) is 43.4 Å².